The van der Waals surface area contributed by atoms with Crippen LogP contribution in [0.5, 0.6) is 0 Å². The van der Waals surface area contributed by atoms with E-state index in [9.17, 15) is 19.8 Å². The van der Waals surface area contributed by atoms with Crippen molar-refractivity contribution in [3.63, 3.8) is 0 Å². The third kappa shape index (κ3) is 51.8. The van der Waals surface area contributed by atoms with Crippen molar-refractivity contribution in [3.05, 3.63) is 12.2 Å². The molecule has 0 spiro atoms. The minimum Gasteiger partial charge on any atom is -0.466 e. The second kappa shape index (κ2) is 55.2. The summed E-state index contributed by atoms with van der Waals surface area (Å²) in [4.78, 5) is 24.5. The summed E-state index contributed by atoms with van der Waals surface area (Å²) in [5, 5.41) is 23.3. The molecule has 0 rings (SSSR count). The topological polar surface area (TPSA) is 95.9 Å². The molecule has 2 atom stereocenters. The first kappa shape index (κ1) is 63.6. The molecule has 0 radical (unpaired) electrons. The summed E-state index contributed by atoms with van der Waals surface area (Å²) in [6.07, 6.45) is 64.9. The quantitative estimate of drug-likeness (QED) is 0.0321. The Morgan fingerprint density at radius 2 is 0.723 bits per heavy atom. The number of ether oxygens (including phenoxy) is 1. The average Bonchev–Trinajstić information content (AvgIpc) is 3.31. The van der Waals surface area contributed by atoms with Crippen LogP contribution in [0.25, 0.3) is 0 Å². The van der Waals surface area contributed by atoms with Gasteiger partial charge in [-0.2, -0.15) is 0 Å². The molecule has 6 heteroatoms. The van der Waals surface area contributed by atoms with E-state index >= 15 is 0 Å². The Labute approximate surface area is 406 Å². The molecule has 0 saturated carbocycles. The predicted octanol–water partition coefficient (Wildman–Crippen LogP) is 18.1. The fourth-order valence-corrected chi connectivity index (χ4v) is 9.28. The molecule has 0 fully saturated rings. The molecule has 0 aliphatic carbocycles. The molecule has 6 nitrogen and oxygen atoms in total. The van der Waals surface area contributed by atoms with Crippen LogP contribution in [0.4, 0.5) is 0 Å². The summed E-state index contributed by atoms with van der Waals surface area (Å²) < 4.78 is 5.46. The molecule has 0 saturated heterocycles. The standard InChI is InChI=1S/C59H115NO5/c1-3-5-7-9-11-13-15-16-17-22-25-28-32-35-39-43-47-51-57(62)56(55-61)60-58(63)52-48-44-40-36-33-29-26-23-20-18-19-21-24-27-30-34-38-42-46-50-54-65-59(64)53-49-45-41-37-31-14-12-10-8-6-4-2/h18,20,56-57,61-62H,3-17,19,21-55H2,1-2H3,(H,60,63)/b20-18-. The van der Waals surface area contributed by atoms with Crippen molar-refractivity contribution in [2.75, 3.05) is 13.2 Å². The van der Waals surface area contributed by atoms with Crippen LogP contribution in [0.3, 0.4) is 0 Å². The molecule has 0 aromatic carbocycles. The van der Waals surface area contributed by atoms with Gasteiger partial charge in [-0.15, -0.1) is 0 Å². The van der Waals surface area contributed by atoms with Crippen molar-refractivity contribution in [1.29, 1.82) is 0 Å². The van der Waals surface area contributed by atoms with E-state index in [0.717, 1.165) is 38.5 Å². The first-order valence-corrected chi connectivity index (χ1v) is 29.4. The number of allylic oxidation sites excluding steroid dienone is 2. The zero-order valence-electron chi connectivity index (χ0n) is 44.0. The van der Waals surface area contributed by atoms with E-state index in [2.05, 4.69) is 31.3 Å². The molecule has 0 aromatic rings. The number of aliphatic hydroxyl groups excluding tert-OH is 2. The number of esters is 1. The maximum absolute atomic E-state index is 12.5. The normalized spacial score (nSPS) is 12.6. The van der Waals surface area contributed by atoms with E-state index < -0.39 is 12.1 Å². The van der Waals surface area contributed by atoms with E-state index in [1.54, 1.807) is 0 Å². The first-order valence-electron chi connectivity index (χ1n) is 29.4. The van der Waals surface area contributed by atoms with Crippen LogP contribution >= 0.6 is 0 Å². The van der Waals surface area contributed by atoms with Crippen LogP contribution in [0.1, 0.15) is 328 Å². The SMILES string of the molecule is CCCCCCCCCCCCCCCCCCCC(O)C(CO)NC(=O)CCCCCCCCC/C=C\CCCCCCCCCCCOC(=O)CCCCCCCCCCCCC. The number of aliphatic hydroxyl groups is 2. The van der Waals surface area contributed by atoms with Crippen molar-refractivity contribution in [3.8, 4) is 0 Å². The highest BCUT2D eigenvalue weighted by Gasteiger charge is 2.20. The van der Waals surface area contributed by atoms with Crippen molar-refractivity contribution in [1.82, 2.24) is 5.32 Å². The fourth-order valence-electron chi connectivity index (χ4n) is 9.28. The summed E-state index contributed by atoms with van der Waals surface area (Å²) in [7, 11) is 0. The van der Waals surface area contributed by atoms with Gasteiger partial charge in [-0.1, -0.05) is 276 Å². The Bertz CT molecular complexity index is 970. The number of rotatable bonds is 55. The van der Waals surface area contributed by atoms with E-state index in [-0.39, 0.29) is 18.5 Å². The number of hydrogen-bond donors (Lipinski definition) is 3. The van der Waals surface area contributed by atoms with Crippen molar-refractivity contribution < 1.29 is 24.5 Å². The second-order valence-corrected chi connectivity index (χ2v) is 20.3. The van der Waals surface area contributed by atoms with Gasteiger partial charge in [0.25, 0.3) is 0 Å². The number of unbranched alkanes of at least 4 members (excludes halogenated alkanes) is 42. The number of hydrogen-bond acceptors (Lipinski definition) is 5. The molecule has 0 bridgehead atoms. The molecule has 3 N–H and O–H groups in total. The molecular weight excluding hydrogens is 803 g/mol. The maximum atomic E-state index is 12.5. The van der Waals surface area contributed by atoms with Gasteiger partial charge in [-0.3, -0.25) is 9.59 Å². The molecule has 386 valence electrons. The van der Waals surface area contributed by atoms with Gasteiger partial charge in [0, 0.05) is 12.8 Å². The minimum absolute atomic E-state index is 0.00648. The summed E-state index contributed by atoms with van der Waals surface area (Å²) >= 11 is 0. The summed E-state index contributed by atoms with van der Waals surface area (Å²) in [5.41, 5.74) is 0. The summed E-state index contributed by atoms with van der Waals surface area (Å²) in [6, 6.07) is -0.547. The zero-order valence-corrected chi connectivity index (χ0v) is 44.0. The number of carbonyl (C=O) groups is 2. The highest BCUT2D eigenvalue weighted by molar-refractivity contribution is 5.76. The Morgan fingerprint density at radius 1 is 0.415 bits per heavy atom. The van der Waals surface area contributed by atoms with Crippen LogP contribution in [-0.4, -0.2) is 47.4 Å². The zero-order chi connectivity index (χ0) is 47.2. The number of nitrogens with one attached hydrogen (secondary N) is 1. The average molecular weight is 919 g/mol. The molecule has 2 unspecified atom stereocenters. The van der Waals surface area contributed by atoms with Gasteiger partial charge in [0.05, 0.1) is 25.4 Å². The van der Waals surface area contributed by atoms with Gasteiger partial charge in [0.1, 0.15) is 0 Å². The minimum atomic E-state index is -0.669. The van der Waals surface area contributed by atoms with Gasteiger partial charge in [0.15, 0.2) is 0 Å². The Balaban J connectivity index is 3.43. The molecule has 0 aromatic heterocycles. The van der Waals surface area contributed by atoms with Crippen LogP contribution in [0.2, 0.25) is 0 Å². The van der Waals surface area contributed by atoms with E-state index in [0.29, 0.717) is 25.9 Å². The lowest BCUT2D eigenvalue weighted by atomic mass is 10.0. The van der Waals surface area contributed by atoms with Gasteiger partial charge in [-0.25, -0.2) is 0 Å². The summed E-state index contributed by atoms with van der Waals surface area (Å²) in [5.74, 6) is -0.0345. The van der Waals surface area contributed by atoms with E-state index in [1.165, 1.54) is 257 Å². The molecule has 0 aliphatic rings. The van der Waals surface area contributed by atoms with Crippen LogP contribution in [0, 0.1) is 0 Å². The lowest BCUT2D eigenvalue weighted by Crippen LogP contribution is -2.45. The first-order chi connectivity index (χ1) is 32.0. The van der Waals surface area contributed by atoms with Gasteiger partial charge in [0.2, 0.25) is 5.91 Å². The third-order valence-corrected chi connectivity index (χ3v) is 13.8. The van der Waals surface area contributed by atoms with Crippen LogP contribution < -0.4 is 5.32 Å². The smallest absolute Gasteiger partial charge is 0.305 e. The van der Waals surface area contributed by atoms with Crippen LogP contribution in [0.15, 0.2) is 12.2 Å². The maximum Gasteiger partial charge on any atom is 0.305 e. The monoisotopic (exact) mass is 918 g/mol. The van der Waals surface area contributed by atoms with Crippen molar-refractivity contribution >= 4 is 11.9 Å². The lowest BCUT2D eigenvalue weighted by molar-refractivity contribution is -0.143. The van der Waals surface area contributed by atoms with Crippen molar-refractivity contribution in [2.24, 2.45) is 0 Å². The van der Waals surface area contributed by atoms with Gasteiger partial charge >= 0.3 is 5.97 Å². The third-order valence-electron chi connectivity index (χ3n) is 13.8. The second-order valence-electron chi connectivity index (χ2n) is 20.3. The summed E-state index contributed by atoms with van der Waals surface area (Å²) in [6.45, 7) is 4.96. The molecule has 1 amide bonds. The lowest BCUT2D eigenvalue weighted by Gasteiger charge is -2.22. The molecule has 0 heterocycles. The van der Waals surface area contributed by atoms with E-state index in [1.807, 2.05) is 0 Å². The van der Waals surface area contributed by atoms with E-state index in [4.69, 9.17) is 4.74 Å². The Morgan fingerprint density at radius 3 is 1.09 bits per heavy atom. The molecular formula is C59H115NO5. The van der Waals surface area contributed by atoms with Gasteiger partial charge < -0.3 is 20.3 Å². The fraction of sp³-hybridized carbons (Fsp3) is 0.932. The number of carbonyl (C=O) groups excluding carboxylic acids is 2. The van der Waals surface area contributed by atoms with Gasteiger partial charge in [-0.05, 0) is 51.4 Å². The predicted molar refractivity (Wildman–Crippen MR) is 283 cm³/mol. The number of amides is 1. The van der Waals surface area contributed by atoms with Crippen molar-refractivity contribution in [2.45, 2.75) is 341 Å². The Kier molecular flexibility index (Phi) is 54.0. The largest absolute Gasteiger partial charge is 0.466 e. The Hall–Kier alpha value is -1.40. The molecule has 65 heavy (non-hydrogen) atoms. The van der Waals surface area contributed by atoms with Crippen LogP contribution in [-0.2, 0) is 14.3 Å². The molecule has 0 aliphatic heterocycles. The highest BCUT2D eigenvalue weighted by Crippen LogP contribution is 2.17. The highest BCUT2D eigenvalue weighted by atomic mass is 16.5.